The van der Waals surface area contributed by atoms with Crippen LogP contribution in [0, 0.1) is 6.92 Å². The highest BCUT2D eigenvalue weighted by Crippen LogP contribution is 2.28. The van der Waals surface area contributed by atoms with E-state index in [1.165, 1.54) is 0 Å². The molecule has 0 heterocycles. The van der Waals surface area contributed by atoms with Crippen LogP contribution in [0.1, 0.15) is 12.5 Å². The van der Waals surface area contributed by atoms with E-state index in [1.54, 1.807) is 20.1 Å². The molecule has 0 bridgehead atoms. The fourth-order valence-electron chi connectivity index (χ4n) is 1.20. The molecular weight excluding hydrogens is 208 g/mol. The third-order valence-electron chi connectivity index (χ3n) is 2.15. The predicted molar refractivity (Wildman–Crippen MR) is 61.2 cm³/mol. The van der Waals surface area contributed by atoms with Crippen LogP contribution in [0.5, 0.6) is 11.5 Å². The molecule has 1 unspecified atom stereocenters. The van der Waals surface area contributed by atoms with Gasteiger partial charge in [-0.2, -0.15) is 0 Å². The van der Waals surface area contributed by atoms with Crippen LogP contribution in [0.3, 0.4) is 0 Å². The van der Waals surface area contributed by atoms with Crippen molar-refractivity contribution in [3.05, 3.63) is 23.8 Å². The molecule has 1 aromatic rings. The van der Waals surface area contributed by atoms with E-state index in [9.17, 15) is 0 Å². The second-order valence-corrected chi connectivity index (χ2v) is 3.44. The lowest BCUT2D eigenvalue weighted by atomic mass is 10.2. The molecule has 88 valence electrons. The quantitative estimate of drug-likeness (QED) is 0.352. The van der Waals surface area contributed by atoms with E-state index in [2.05, 4.69) is 5.16 Å². The summed E-state index contributed by atoms with van der Waals surface area (Å²) in [6.07, 6.45) is -0.512. The fraction of sp³-hybridized carbons (Fsp3) is 0.364. The Morgan fingerprint density at radius 3 is 2.69 bits per heavy atom. The molecule has 3 N–H and O–H groups in total. The van der Waals surface area contributed by atoms with Crippen molar-refractivity contribution >= 4 is 5.84 Å². The molecular formula is C11H16N2O3. The van der Waals surface area contributed by atoms with Gasteiger partial charge in [0.2, 0.25) is 0 Å². The van der Waals surface area contributed by atoms with E-state index in [0.717, 1.165) is 5.56 Å². The third kappa shape index (κ3) is 2.79. The molecule has 0 amide bonds. The lowest BCUT2D eigenvalue weighted by Gasteiger charge is -2.15. The molecule has 0 spiro atoms. The molecule has 0 saturated carbocycles. The normalized spacial score (nSPS) is 13.3. The average molecular weight is 224 g/mol. The Bertz CT molecular complexity index is 391. The molecule has 0 radical (unpaired) electrons. The Morgan fingerprint density at radius 2 is 2.12 bits per heavy atom. The van der Waals surface area contributed by atoms with Gasteiger partial charge in [-0.3, -0.25) is 0 Å². The van der Waals surface area contributed by atoms with E-state index in [0.29, 0.717) is 11.5 Å². The molecule has 0 aromatic heterocycles. The summed E-state index contributed by atoms with van der Waals surface area (Å²) < 4.78 is 10.7. The monoisotopic (exact) mass is 224 g/mol. The zero-order chi connectivity index (χ0) is 12.1. The largest absolute Gasteiger partial charge is 0.493 e. The molecule has 0 aliphatic heterocycles. The summed E-state index contributed by atoms with van der Waals surface area (Å²) in [4.78, 5) is 0. The summed E-state index contributed by atoms with van der Waals surface area (Å²) in [5.74, 6) is 1.20. The highest BCUT2D eigenvalue weighted by Gasteiger charge is 2.12. The lowest BCUT2D eigenvalue weighted by Crippen LogP contribution is -2.31. The number of methoxy groups -OCH3 is 1. The van der Waals surface area contributed by atoms with E-state index in [4.69, 9.17) is 20.4 Å². The van der Waals surface area contributed by atoms with E-state index in [1.807, 2.05) is 19.1 Å². The summed E-state index contributed by atoms with van der Waals surface area (Å²) in [5, 5.41) is 11.4. The maximum Gasteiger partial charge on any atom is 0.180 e. The van der Waals surface area contributed by atoms with Gasteiger partial charge in [-0.25, -0.2) is 0 Å². The van der Waals surface area contributed by atoms with Crippen LogP contribution >= 0.6 is 0 Å². The summed E-state index contributed by atoms with van der Waals surface area (Å²) in [5.41, 5.74) is 6.49. The average Bonchev–Trinajstić information content (AvgIpc) is 2.30. The van der Waals surface area contributed by atoms with Crippen molar-refractivity contribution < 1.29 is 14.7 Å². The number of nitrogens with zero attached hydrogens (tertiary/aromatic N) is 1. The maximum absolute atomic E-state index is 8.51. The number of hydrogen-bond donors (Lipinski definition) is 2. The van der Waals surface area contributed by atoms with E-state index in [-0.39, 0.29) is 5.84 Å². The molecule has 1 rings (SSSR count). The summed E-state index contributed by atoms with van der Waals surface area (Å²) in [6.45, 7) is 3.65. The van der Waals surface area contributed by atoms with E-state index >= 15 is 0 Å². The van der Waals surface area contributed by atoms with Crippen molar-refractivity contribution in [3.63, 3.8) is 0 Å². The lowest BCUT2D eigenvalue weighted by molar-refractivity contribution is 0.254. The molecule has 1 atom stereocenters. The zero-order valence-electron chi connectivity index (χ0n) is 9.60. The van der Waals surface area contributed by atoms with Crippen LogP contribution < -0.4 is 15.2 Å². The van der Waals surface area contributed by atoms with Gasteiger partial charge in [0.25, 0.3) is 0 Å². The molecule has 0 saturated heterocycles. The van der Waals surface area contributed by atoms with Crippen LogP contribution in [-0.2, 0) is 0 Å². The number of hydrogen-bond acceptors (Lipinski definition) is 4. The smallest absolute Gasteiger partial charge is 0.180 e. The fourth-order valence-corrected chi connectivity index (χ4v) is 1.20. The minimum absolute atomic E-state index is 0.0163. The molecule has 0 aliphatic rings. The number of aryl methyl sites for hydroxylation is 1. The summed E-state index contributed by atoms with van der Waals surface area (Å²) >= 11 is 0. The number of benzene rings is 1. The van der Waals surface area contributed by atoms with Gasteiger partial charge in [-0.15, -0.1) is 0 Å². The van der Waals surface area contributed by atoms with Crippen LogP contribution in [0.2, 0.25) is 0 Å². The highest BCUT2D eigenvalue weighted by molar-refractivity contribution is 5.84. The van der Waals surface area contributed by atoms with Crippen molar-refractivity contribution in [2.45, 2.75) is 20.0 Å². The first-order chi connectivity index (χ1) is 7.58. The second-order valence-electron chi connectivity index (χ2n) is 3.44. The Balaban J connectivity index is 2.88. The molecule has 0 aliphatic carbocycles. The number of ether oxygens (including phenoxy) is 2. The van der Waals surface area contributed by atoms with Crippen molar-refractivity contribution in [3.8, 4) is 11.5 Å². The van der Waals surface area contributed by atoms with E-state index < -0.39 is 6.10 Å². The molecule has 5 heteroatoms. The van der Waals surface area contributed by atoms with Crippen LogP contribution in [-0.4, -0.2) is 24.3 Å². The minimum atomic E-state index is -0.512. The molecule has 0 fully saturated rings. The van der Waals surface area contributed by atoms with Crippen molar-refractivity contribution in [1.29, 1.82) is 0 Å². The topological polar surface area (TPSA) is 77.1 Å². The Hall–Kier alpha value is -1.91. The van der Waals surface area contributed by atoms with Gasteiger partial charge in [0.15, 0.2) is 23.4 Å². The highest BCUT2D eigenvalue weighted by atomic mass is 16.5. The standard InChI is InChI=1S/C11H16N2O3/c1-7-4-5-9(10(6-7)15-3)16-8(2)11(12)13-14/h4-6,8,14H,1-3H3,(H2,12,13). The number of rotatable bonds is 4. The number of nitrogens with two attached hydrogens (primary N) is 1. The first-order valence-electron chi connectivity index (χ1n) is 4.87. The minimum Gasteiger partial charge on any atom is -0.493 e. The van der Waals surface area contributed by atoms with Crippen LogP contribution in [0.25, 0.3) is 0 Å². The summed E-state index contributed by atoms with van der Waals surface area (Å²) in [7, 11) is 1.57. The Morgan fingerprint density at radius 1 is 1.44 bits per heavy atom. The maximum atomic E-state index is 8.51. The first-order valence-corrected chi connectivity index (χ1v) is 4.87. The van der Waals surface area contributed by atoms with Crippen LogP contribution in [0.4, 0.5) is 0 Å². The van der Waals surface area contributed by atoms with Crippen molar-refractivity contribution in [1.82, 2.24) is 0 Å². The SMILES string of the molecule is COc1cc(C)ccc1OC(C)C(N)=NO. The van der Waals surface area contributed by atoms with Gasteiger partial charge in [-0.05, 0) is 31.5 Å². The Kier molecular flexibility index (Phi) is 3.99. The van der Waals surface area contributed by atoms with Gasteiger partial charge in [0.05, 0.1) is 7.11 Å². The summed E-state index contributed by atoms with van der Waals surface area (Å²) in [6, 6.07) is 5.54. The molecule has 1 aromatic carbocycles. The third-order valence-corrected chi connectivity index (χ3v) is 2.15. The second kappa shape index (κ2) is 5.25. The van der Waals surface area contributed by atoms with Gasteiger partial charge in [0.1, 0.15) is 0 Å². The van der Waals surface area contributed by atoms with Gasteiger partial charge in [-0.1, -0.05) is 11.2 Å². The van der Waals surface area contributed by atoms with Gasteiger partial charge < -0.3 is 20.4 Å². The Labute approximate surface area is 94.5 Å². The van der Waals surface area contributed by atoms with Gasteiger partial charge >= 0.3 is 0 Å². The number of oxime groups is 1. The zero-order valence-corrected chi connectivity index (χ0v) is 9.60. The number of amidine groups is 1. The predicted octanol–water partition coefficient (Wildman–Crippen LogP) is 1.52. The van der Waals surface area contributed by atoms with Crippen molar-refractivity contribution in [2.75, 3.05) is 7.11 Å². The first kappa shape index (κ1) is 12.2. The van der Waals surface area contributed by atoms with Crippen molar-refractivity contribution in [2.24, 2.45) is 10.9 Å². The van der Waals surface area contributed by atoms with Crippen LogP contribution in [0.15, 0.2) is 23.4 Å². The molecule has 5 nitrogen and oxygen atoms in total. The molecule has 16 heavy (non-hydrogen) atoms. The van der Waals surface area contributed by atoms with Gasteiger partial charge in [0, 0.05) is 0 Å².